The lowest BCUT2D eigenvalue weighted by atomic mass is 9.92. The molecule has 2 heterocycles. The molecule has 1 aliphatic carbocycles. The highest BCUT2D eigenvalue weighted by Crippen LogP contribution is 2.41. The summed E-state index contributed by atoms with van der Waals surface area (Å²) in [6.45, 7) is 16.4. The Morgan fingerprint density at radius 2 is 1.67 bits per heavy atom. The molecule has 0 bridgehead atoms. The molecule has 4 rings (SSSR count). The van der Waals surface area contributed by atoms with Crippen molar-refractivity contribution in [2.45, 2.75) is 103 Å². The molecule has 1 saturated carbocycles. The van der Waals surface area contributed by atoms with Crippen LogP contribution < -0.4 is 14.8 Å². The van der Waals surface area contributed by atoms with E-state index in [1.165, 1.54) is 28.9 Å². The summed E-state index contributed by atoms with van der Waals surface area (Å²) in [5, 5.41) is 8.07. The highest BCUT2D eigenvalue weighted by molar-refractivity contribution is 6.74. The van der Waals surface area contributed by atoms with Gasteiger partial charge in [0.2, 0.25) is 0 Å². The number of pyridine rings is 1. The molecule has 230 valence electrons. The standard InChI is InChI=1S/C29H39F3N4O5Si/c1-27(2,3)40-26(37)34-17-22-24-23(38-20-15-21(16-20)41-42(7,8)28(4,5)6)13-14-33-25(24)36(35-22)18-9-11-19(12-10-18)39-29(30,31)32/h9-14,20-21H,15-17H2,1-8H3,(H,34,37). The maximum absolute atomic E-state index is 12.7. The molecule has 1 aliphatic rings. The van der Waals surface area contributed by atoms with Crippen LogP contribution >= 0.6 is 0 Å². The highest BCUT2D eigenvalue weighted by atomic mass is 28.4. The predicted octanol–water partition coefficient (Wildman–Crippen LogP) is 7.28. The lowest BCUT2D eigenvalue weighted by Gasteiger charge is -2.44. The first-order valence-electron chi connectivity index (χ1n) is 13.9. The summed E-state index contributed by atoms with van der Waals surface area (Å²) < 4.78 is 61.7. The SMILES string of the molecule is CC(C)(C)OC(=O)NCc1nn(-c2ccc(OC(F)(F)F)cc2)c2nccc(OC3CC(O[Si](C)(C)C(C)(C)C)C3)c12. The number of alkyl carbamates (subject to hydrolysis) is 1. The third-order valence-electron chi connectivity index (χ3n) is 7.33. The van der Waals surface area contributed by atoms with Crippen LogP contribution in [0.2, 0.25) is 18.1 Å². The molecule has 0 spiro atoms. The van der Waals surface area contributed by atoms with E-state index < -0.39 is 26.4 Å². The summed E-state index contributed by atoms with van der Waals surface area (Å²) in [6, 6.07) is 7.04. The van der Waals surface area contributed by atoms with E-state index in [4.69, 9.17) is 13.9 Å². The van der Waals surface area contributed by atoms with Crippen LogP contribution in [0.4, 0.5) is 18.0 Å². The number of carbonyl (C=O) groups excluding carboxylic acids is 1. The van der Waals surface area contributed by atoms with E-state index in [0.717, 1.165) is 12.8 Å². The van der Waals surface area contributed by atoms with Crippen LogP contribution in [0.25, 0.3) is 16.7 Å². The number of carbonyl (C=O) groups is 1. The van der Waals surface area contributed by atoms with Gasteiger partial charge in [-0.3, -0.25) is 0 Å². The zero-order chi connectivity index (χ0) is 31.1. The van der Waals surface area contributed by atoms with Gasteiger partial charge in [-0.25, -0.2) is 14.5 Å². The number of aromatic nitrogens is 3. The molecular formula is C29H39F3N4O5Si. The van der Waals surface area contributed by atoms with E-state index in [0.29, 0.717) is 28.2 Å². The largest absolute Gasteiger partial charge is 0.573 e. The van der Waals surface area contributed by atoms with Crippen LogP contribution in [0.5, 0.6) is 11.5 Å². The Morgan fingerprint density at radius 1 is 1.02 bits per heavy atom. The molecule has 0 saturated heterocycles. The number of nitrogens with zero attached hydrogens (tertiary/aromatic N) is 3. The van der Waals surface area contributed by atoms with Crippen LogP contribution in [-0.2, 0) is 15.7 Å². The summed E-state index contributed by atoms with van der Waals surface area (Å²) in [5.41, 5.74) is 0.651. The first kappa shape index (κ1) is 31.6. The average molecular weight is 609 g/mol. The Kier molecular flexibility index (Phi) is 8.58. The molecule has 0 atom stereocenters. The second-order valence-electron chi connectivity index (χ2n) is 13.0. The molecule has 1 N–H and O–H groups in total. The third kappa shape index (κ3) is 7.74. The van der Waals surface area contributed by atoms with Gasteiger partial charge in [-0.15, -0.1) is 13.2 Å². The Hall–Kier alpha value is -3.32. The lowest BCUT2D eigenvalue weighted by molar-refractivity contribution is -0.274. The van der Waals surface area contributed by atoms with Crippen molar-refractivity contribution in [1.29, 1.82) is 0 Å². The van der Waals surface area contributed by atoms with Gasteiger partial charge in [-0.05, 0) is 69.2 Å². The van der Waals surface area contributed by atoms with Gasteiger partial charge in [0.15, 0.2) is 14.0 Å². The molecule has 9 nitrogen and oxygen atoms in total. The summed E-state index contributed by atoms with van der Waals surface area (Å²) >= 11 is 0. The molecule has 1 fully saturated rings. The molecule has 0 radical (unpaired) electrons. The molecule has 0 aliphatic heterocycles. The first-order chi connectivity index (χ1) is 19.3. The van der Waals surface area contributed by atoms with Gasteiger partial charge in [0.05, 0.1) is 29.4 Å². The fourth-order valence-electron chi connectivity index (χ4n) is 4.23. The summed E-state index contributed by atoms with van der Waals surface area (Å²) in [4.78, 5) is 16.9. The van der Waals surface area contributed by atoms with E-state index in [9.17, 15) is 18.0 Å². The van der Waals surface area contributed by atoms with Crippen molar-refractivity contribution in [3.8, 4) is 17.2 Å². The molecule has 1 aromatic carbocycles. The van der Waals surface area contributed by atoms with Gasteiger partial charge in [-0.1, -0.05) is 20.8 Å². The number of halogens is 3. The molecule has 3 aromatic rings. The fraction of sp³-hybridized carbons (Fsp3) is 0.552. The van der Waals surface area contributed by atoms with Gasteiger partial charge >= 0.3 is 12.5 Å². The third-order valence-corrected chi connectivity index (χ3v) is 11.9. The molecule has 2 aromatic heterocycles. The zero-order valence-electron chi connectivity index (χ0n) is 25.3. The van der Waals surface area contributed by atoms with Crippen molar-refractivity contribution in [1.82, 2.24) is 20.1 Å². The predicted molar refractivity (Wildman–Crippen MR) is 154 cm³/mol. The number of benzene rings is 1. The van der Waals surface area contributed by atoms with Crippen LogP contribution in [0.1, 0.15) is 60.1 Å². The highest BCUT2D eigenvalue weighted by Gasteiger charge is 2.43. The Balaban J connectivity index is 1.60. The monoisotopic (exact) mass is 608 g/mol. The van der Waals surface area contributed by atoms with Gasteiger partial charge < -0.3 is 24.0 Å². The van der Waals surface area contributed by atoms with Gasteiger partial charge in [0.1, 0.15) is 23.2 Å². The summed E-state index contributed by atoms with van der Waals surface area (Å²) in [6.07, 6.45) is -2.28. The molecule has 42 heavy (non-hydrogen) atoms. The van der Waals surface area contributed by atoms with E-state index in [1.54, 1.807) is 33.0 Å². The van der Waals surface area contributed by atoms with Gasteiger partial charge in [0, 0.05) is 19.0 Å². The Labute approximate surface area is 244 Å². The smallest absolute Gasteiger partial charge is 0.489 e. The van der Waals surface area contributed by atoms with Gasteiger partial charge in [0.25, 0.3) is 0 Å². The van der Waals surface area contributed by atoms with Crippen LogP contribution in [0, 0.1) is 0 Å². The van der Waals surface area contributed by atoms with E-state index in [1.807, 2.05) is 0 Å². The van der Waals surface area contributed by atoms with Crippen molar-refractivity contribution in [2.75, 3.05) is 0 Å². The van der Waals surface area contributed by atoms with Crippen molar-refractivity contribution >= 4 is 25.4 Å². The summed E-state index contributed by atoms with van der Waals surface area (Å²) in [7, 11) is -1.90. The quantitative estimate of drug-likeness (QED) is 0.269. The molecule has 13 heteroatoms. The number of rotatable bonds is 8. The number of hydrogen-bond acceptors (Lipinski definition) is 7. The normalized spacial score (nSPS) is 18.0. The van der Waals surface area contributed by atoms with Crippen molar-refractivity contribution in [2.24, 2.45) is 0 Å². The zero-order valence-corrected chi connectivity index (χ0v) is 26.3. The number of nitrogens with one attached hydrogen (secondary N) is 1. The van der Waals surface area contributed by atoms with E-state index in [-0.39, 0.29) is 29.5 Å². The second-order valence-corrected chi connectivity index (χ2v) is 17.7. The maximum Gasteiger partial charge on any atom is 0.573 e. The first-order valence-corrected chi connectivity index (χ1v) is 16.8. The molecule has 0 unspecified atom stereocenters. The fourth-order valence-corrected chi connectivity index (χ4v) is 5.61. The van der Waals surface area contributed by atoms with Crippen LogP contribution in [0.3, 0.4) is 0 Å². The minimum atomic E-state index is -4.80. The minimum absolute atomic E-state index is 0.0114. The lowest BCUT2D eigenvalue weighted by Crippen LogP contribution is -2.50. The number of hydrogen-bond donors (Lipinski definition) is 1. The summed E-state index contributed by atoms with van der Waals surface area (Å²) in [5.74, 6) is 0.186. The van der Waals surface area contributed by atoms with Crippen molar-refractivity contribution in [3.05, 3.63) is 42.2 Å². The Morgan fingerprint density at radius 3 is 2.24 bits per heavy atom. The van der Waals surface area contributed by atoms with Crippen LogP contribution in [0.15, 0.2) is 36.5 Å². The van der Waals surface area contributed by atoms with Crippen molar-refractivity contribution < 1.29 is 36.6 Å². The molecule has 1 amide bonds. The second kappa shape index (κ2) is 11.4. The average Bonchev–Trinajstić information content (AvgIpc) is 3.18. The number of alkyl halides is 3. The van der Waals surface area contributed by atoms with Crippen LogP contribution in [-0.4, -0.2) is 53.3 Å². The number of fused-ring (bicyclic) bond motifs is 1. The number of ether oxygens (including phenoxy) is 3. The number of amides is 1. The topological polar surface area (TPSA) is 96.7 Å². The molecular weight excluding hydrogens is 569 g/mol. The van der Waals surface area contributed by atoms with Crippen molar-refractivity contribution in [3.63, 3.8) is 0 Å². The Bertz CT molecular complexity index is 1410. The van der Waals surface area contributed by atoms with E-state index in [2.05, 4.69) is 54.0 Å². The van der Waals surface area contributed by atoms with E-state index >= 15 is 0 Å². The maximum atomic E-state index is 12.7. The van der Waals surface area contributed by atoms with Gasteiger partial charge in [-0.2, -0.15) is 5.10 Å². The minimum Gasteiger partial charge on any atom is -0.489 e.